The van der Waals surface area contributed by atoms with Crippen LogP contribution < -0.4 is 10.1 Å². The lowest BCUT2D eigenvalue weighted by Crippen LogP contribution is -2.13. The second kappa shape index (κ2) is 9.85. The third kappa shape index (κ3) is 5.78. The van der Waals surface area contributed by atoms with E-state index in [9.17, 15) is 19.2 Å². The van der Waals surface area contributed by atoms with Gasteiger partial charge in [0.05, 0.1) is 5.56 Å². The van der Waals surface area contributed by atoms with Gasteiger partial charge >= 0.3 is 5.97 Å². The summed E-state index contributed by atoms with van der Waals surface area (Å²) in [6.45, 7) is 0.0331. The summed E-state index contributed by atoms with van der Waals surface area (Å²) in [5.41, 5.74) is 1.04. The van der Waals surface area contributed by atoms with E-state index < -0.39 is 11.9 Å². The molecule has 31 heavy (non-hydrogen) atoms. The van der Waals surface area contributed by atoms with Crippen LogP contribution in [0, 0.1) is 17.1 Å². The van der Waals surface area contributed by atoms with Crippen molar-refractivity contribution in [3.63, 3.8) is 0 Å². The molecule has 0 aliphatic carbocycles. The molecule has 6 nitrogen and oxygen atoms in total. The van der Waals surface area contributed by atoms with Crippen LogP contribution in [0.1, 0.15) is 21.5 Å². The predicted octanol–water partition coefficient (Wildman–Crippen LogP) is 4.65. The average Bonchev–Trinajstić information content (AvgIpc) is 2.77. The summed E-state index contributed by atoms with van der Waals surface area (Å²) in [5.74, 6) is -1.72. The quantitative estimate of drug-likeness (QED) is 0.431. The third-order valence-electron chi connectivity index (χ3n) is 4.25. The molecule has 0 saturated heterocycles. The fourth-order valence-corrected chi connectivity index (χ4v) is 2.71. The van der Waals surface area contributed by atoms with E-state index in [0.29, 0.717) is 16.9 Å². The molecule has 0 aromatic heterocycles. The SMILES string of the molecule is N#CC(=Cc1cccc(OCc2ccccc2F)c1)C(=O)Nc1cccc(C(=O)O)c1. The third-order valence-corrected chi connectivity index (χ3v) is 4.25. The van der Waals surface area contributed by atoms with Crippen LogP contribution in [-0.2, 0) is 11.4 Å². The van der Waals surface area contributed by atoms with E-state index in [1.165, 1.54) is 36.4 Å². The molecule has 0 unspecified atom stereocenters. The zero-order valence-electron chi connectivity index (χ0n) is 16.2. The Hall–Kier alpha value is -4.44. The van der Waals surface area contributed by atoms with Gasteiger partial charge in [-0.05, 0) is 48.0 Å². The van der Waals surface area contributed by atoms with Crippen molar-refractivity contribution in [3.8, 4) is 11.8 Å². The van der Waals surface area contributed by atoms with Crippen molar-refractivity contribution >= 4 is 23.6 Å². The van der Waals surface area contributed by atoms with Crippen LogP contribution in [0.15, 0.2) is 78.4 Å². The van der Waals surface area contributed by atoms with E-state index in [-0.39, 0.29) is 29.2 Å². The first-order chi connectivity index (χ1) is 15.0. The summed E-state index contributed by atoms with van der Waals surface area (Å²) >= 11 is 0. The Bertz CT molecular complexity index is 1200. The van der Waals surface area contributed by atoms with Crippen molar-refractivity contribution in [2.24, 2.45) is 0 Å². The number of aromatic carboxylic acids is 1. The van der Waals surface area contributed by atoms with E-state index >= 15 is 0 Å². The number of nitriles is 1. The van der Waals surface area contributed by atoms with Gasteiger partial charge in [0.1, 0.15) is 29.8 Å². The summed E-state index contributed by atoms with van der Waals surface area (Å²) in [6, 6.07) is 20.5. The normalized spacial score (nSPS) is 10.8. The maximum atomic E-state index is 13.7. The second-order valence-electron chi connectivity index (χ2n) is 6.46. The molecule has 1 amide bonds. The molecule has 0 radical (unpaired) electrons. The summed E-state index contributed by atoms with van der Waals surface area (Å²) in [6.07, 6.45) is 1.38. The van der Waals surface area contributed by atoms with Crippen molar-refractivity contribution in [1.82, 2.24) is 0 Å². The number of benzene rings is 3. The van der Waals surface area contributed by atoms with Crippen molar-refractivity contribution in [2.45, 2.75) is 6.61 Å². The number of carbonyl (C=O) groups is 2. The minimum Gasteiger partial charge on any atom is -0.489 e. The van der Waals surface area contributed by atoms with Crippen molar-refractivity contribution < 1.29 is 23.8 Å². The highest BCUT2D eigenvalue weighted by molar-refractivity contribution is 6.10. The predicted molar refractivity (Wildman–Crippen MR) is 113 cm³/mol. The maximum Gasteiger partial charge on any atom is 0.335 e. The van der Waals surface area contributed by atoms with Gasteiger partial charge in [0, 0.05) is 11.3 Å². The summed E-state index contributed by atoms with van der Waals surface area (Å²) in [4.78, 5) is 23.5. The first kappa shape index (κ1) is 21.3. The number of carboxylic acids is 1. The largest absolute Gasteiger partial charge is 0.489 e. The molecule has 3 aromatic rings. The summed E-state index contributed by atoms with van der Waals surface area (Å²) in [7, 11) is 0. The lowest BCUT2D eigenvalue weighted by Gasteiger charge is -2.08. The molecule has 154 valence electrons. The standard InChI is InChI=1S/C24H17FN2O4/c25-22-10-2-1-6-18(22)15-31-21-9-3-5-16(12-21)11-19(14-26)23(28)27-20-8-4-7-17(13-20)24(29)30/h1-13H,15H2,(H,27,28)(H,29,30). The lowest BCUT2D eigenvalue weighted by molar-refractivity contribution is -0.112. The maximum absolute atomic E-state index is 13.7. The smallest absolute Gasteiger partial charge is 0.335 e. The summed E-state index contributed by atoms with van der Waals surface area (Å²) < 4.78 is 19.3. The van der Waals surface area contributed by atoms with Gasteiger partial charge in [-0.1, -0.05) is 36.4 Å². The van der Waals surface area contributed by atoms with E-state index in [1.807, 2.05) is 6.07 Å². The zero-order valence-corrected chi connectivity index (χ0v) is 16.2. The molecule has 0 fully saturated rings. The molecule has 3 rings (SSSR count). The van der Waals surface area contributed by atoms with Crippen molar-refractivity contribution in [3.05, 3.63) is 101 Å². The molecule has 3 aromatic carbocycles. The molecular weight excluding hydrogens is 399 g/mol. The van der Waals surface area contributed by atoms with Gasteiger partial charge in [-0.15, -0.1) is 0 Å². The molecule has 2 N–H and O–H groups in total. The van der Waals surface area contributed by atoms with Gasteiger partial charge in [-0.2, -0.15) is 5.26 Å². The Morgan fingerprint density at radius 3 is 2.58 bits per heavy atom. The monoisotopic (exact) mass is 416 g/mol. The van der Waals surface area contributed by atoms with Crippen LogP contribution in [0.2, 0.25) is 0 Å². The van der Waals surface area contributed by atoms with Crippen LogP contribution in [0.4, 0.5) is 10.1 Å². The number of nitrogens with one attached hydrogen (secondary N) is 1. The Kier molecular flexibility index (Phi) is 6.76. The van der Waals surface area contributed by atoms with Crippen LogP contribution in [-0.4, -0.2) is 17.0 Å². The summed E-state index contributed by atoms with van der Waals surface area (Å²) in [5, 5.41) is 20.9. The van der Waals surface area contributed by atoms with E-state index in [2.05, 4.69) is 5.32 Å². The Balaban J connectivity index is 1.73. The molecule has 0 bridgehead atoms. The Morgan fingerprint density at radius 2 is 1.84 bits per heavy atom. The minimum absolute atomic E-state index is 0.0139. The van der Waals surface area contributed by atoms with E-state index in [4.69, 9.17) is 9.84 Å². The van der Waals surface area contributed by atoms with Gasteiger partial charge in [0.25, 0.3) is 5.91 Å². The van der Waals surface area contributed by atoms with Crippen LogP contribution in [0.5, 0.6) is 5.75 Å². The highest BCUT2D eigenvalue weighted by atomic mass is 19.1. The number of halogens is 1. The number of carboxylic acid groups (broad SMARTS) is 1. The molecular formula is C24H17FN2O4. The number of ether oxygens (including phenoxy) is 1. The van der Waals surface area contributed by atoms with Gasteiger partial charge in [-0.3, -0.25) is 4.79 Å². The lowest BCUT2D eigenvalue weighted by atomic mass is 10.1. The number of carbonyl (C=O) groups excluding carboxylic acids is 1. The van der Waals surface area contributed by atoms with E-state index in [0.717, 1.165) is 0 Å². The molecule has 0 spiro atoms. The number of anilines is 1. The second-order valence-corrected chi connectivity index (χ2v) is 6.46. The molecule has 0 aliphatic rings. The number of hydrogen-bond donors (Lipinski definition) is 2. The molecule has 0 aliphatic heterocycles. The van der Waals surface area contributed by atoms with Crippen molar-refractivity contribution in [1.29, 1.82) is 5.26 Å². The van der Waals surface area contributed by atoms with E-state index in [1.54, 1.807) is 42.5 Å². The first-order valence-electron chi connectivity index (χ1n) is 9.19. The topological polar surface area (TPSA) is 99.4 Å². The number of rotatable bonds is 7. The zero-order chi connectivity index (χ0) is 22.2. The minimum atomic E-state index is -1.13. The van der Waals surface area contributed by atoms with Gasteiger partial charge in [0.15, 0.2) is 0 Å². The van der Waals surface area contributed by atoms with Crippen LogP contribution in [0.3, 0.4) is 0 Å². The van der Waals surface area contributed by atoms with Crippen molar-refractivity contribution in [2.75, 3.05) is 5.32 Å². The van der Waals surface area contributed by atoms with Gasteiger partial charge in [0.2, 0.25) is 0 Å². The Labute approximate surface area is 177 Å². The number of amides is 1. The molecule has 0 heterocycles. The average molecular weight is 416 g/mol. The van der Waals surface area contributed by atoms with Crippen LogP contribution >= 0.6 is 0 Å². The van der Waals surface area contributed by atoms with Gasteiger partial charge < -0.3 is 15.2 Å². The first-order valence-corrected chi connectivity index (χ1v) is 9.19. The highest BCUT2D eigenvalue weighted by Gasteiger charge is 2.11. The molecule has 0 atom stereocenters. The Morgan fingerprint density at radius 1 is 1.06 bits per heavy atom. The molecule has 0 saturated carbocycles. The number of nitrogens with zero attached hydrogens (tertiary/aromatic N) is 1. The highest BCUT2D eigenvalue weighted by Crippen LogP contribution is 2.19. The van der Waals surface area contributed by atoms with Crippen LogP contribution in [0.25, 0.3) is 6.08 Å². The van der Waals surface area contributed by atoms with Gasteiger partial charge in [-0.25, -0.2) is 9.18 Å². The fraction of sp³-hybridized carbons (Fsp3) is 0.0417. The number of hydrogen-bond acceptors (Lipinski definition) is 4. The molecule has 7 heteroatoms. The fourth-order valence-electron chi connectivity index (χ4n) is 2.71.